The molecule has 0 amide bonds. The van der Waals surface area contributed by atoms with Gasteiger partial charge in [-0.15, -0.1) is 0 Å². The van der Waals surface area contributed by atoms with Crippen molar-refractivity contribution in [2.45, 2.75) is 0 Å². The van der Waals surface area contributed by atoms with Gasteiger partial charge < -0.3 is 24.2 Å². The third-order valence-electron chi connectivity index (χ3n) is 5.29. The van der Waals surface area contributed by atoms with Gasteiger partial charge in [-0.25, -0.2) is 9.59 Å². The summed E-state index contributed by atoms with van der Waals surface area (Å²) in [6.07, 6.45) is 0. The molecule has 0 unspecified atom stereocenters. The van der Waals surface area contributed by atoms with Crippen LogP contribution in [0.25, 0.3) is 43.5 Å². The number of aromatic hydroxyl groups is 3. The summed E-state index contributed by atoms with van der Waals surface area (Å²) in [6.45, 7) is 0. The first kappa shape index (κ1) is 20.1. The van der Waals surface area contributed by atoms with Crippen LogP contribution in [-0.4, -0.2) is 15.3 Å². The van der Waals surface area contributed by atoms with E-state index in [0.717, 1.165) is 16.2 Å². The summed E-state index contributed by atoms with van der Waals surface area (Å²) in [5, 5.41) is 32.0. The zero-order valence-electron chi connectivity index (χ0n) is 17.0. The fraction of sp³-hybridized carbons (Fsp3) is 0. The summed E-state index contributed by atoms with van der Waals surface area (Å²) in [7, 11) is 0. The van der Waals surface area contributed by atoms with E-state index in [2.05, 4.69) is 0 Å². The van der Waals surface area contributed by atoms with Crippen molar-refractivity contribution < 1.29 is 24.2 Å². The van der Waals surface area contributed by atoms with E-state index in [-0.39, 0.29) is 22.9 Å². The molecule has 7 nitrogen and oxygen atoms in total. The lowest BCUT2D eigenvalue weighted by Crippen LogP contribution is -1.99. The standard InChI is InChI=1S/C13H8O4.C13H8O3/c14-7-1-3-9-10-4-2-8(15)6-12(10)17-13(16)11(9)5-7;14-8-5-6-10-9-3-1-2-4-11(9)13(15)16-12(10)7-8/h1-6,14-15H;1-7,14H. The minimum absolute atomic E-state index is 0.0166. The van der Waals surface area contributed by atoms with Crippen LogP contribution in [0.15, 0.2) is 97.3 Å². The molecule has 0 radical (unpaired) electrons. The van der Waals surface area contributed by atoms with E-state index in [1.807, 2.05) is 12.1 Å². The highest BCUT2D eigenvalue weighted by atomic mass is 16.4. The number of hydrogen-bond acceptors (Lipinski definition) is 7. The van der Waals surface area contributed by atoms with Gasteiger partial charge in [0.05, 0.1) is 10.8 Å². The summed E-state index contributed by atoms with van der Waals surface area (Å²) in [4.78, 5) is 23.4. The lowest BCUT2D eigenvalue weighted by molar-refractivity contribution is 0.472. The maximum atomic E-state index is 11.7. The topological polar surface area (TPSA) is 121 Å². The Morgan fingerprint density at radius 3 is 1.45 bits per heavy atom. The third-order valence-corrected chi connectivity index (χ3v) is 5.29. The Kier molecular flexibility index (Phi) is 4.71. The van der Waals surface area contributed by atoms with Crippen molar-refractivity contribution >= 4 is 43.5 Å². The summed E-state index contributed by atoms with van der Waals surface area (Å²) < 4.78 is 10.2. The fourth-order valence-electron chi connectivity index (χ4n) is 3.78. The highest BCUT2D eigenvalue weighted by Gasteiger charge is 2.09. The number of benzene rings is 4. The van der Waals surface area contributed by atoms with Gasteiger partial charge in [-0.3, -0.25) is 0 Å². The molecule has 0 saturated heterocycles. The molecule has 33 heavy (non-hydrogen) atoms. The normalized spacial score (nSPS) is 11.0. The monoisotopic (exact) mass is 440 g/mol. The van der Waals surface area contributed by atoms with Crippen molar-refractivity contribution in [3.05, 3.63) is 99.7 Å². The van der Waals surface area contributed by atoms with Crippen molar-refractivity contribution in [3.8, 4) is 17.2 Å². The van der Waals surface area contributed by atoms with Gasteiger partial charge in [0.1, 0.15) is 28.4 Å². The second-order valence-corrected chi connectivity index (χ2v) is 7.42. The van der Waals surface area contributed by atoms with E-state index in [1.165, 1.54) is 30.3 Å². The second kappa shape index (κ2) is 7.72. The molecule has 6 aromatic rings. The van der Waals surface area contributed by atoms with Crippen LogP contribution in [0, 0.1) is 0 Å². The van der Waals surface area contributed by atoms with E-state index >= 15 is 0 Å². The molecule has 2 aromatic heterocycles. The van der Waals surface area contributed by atoms with Crippen molar-refractivity contribution in [1.82, 2.24) is 0 Å². The second-order valence-electron chi connectivity index (χ2n) is 7.42. The average Bonchev–Trinajstić information content (AvgIpc) is 2.79. The van der Waals surface area contributed by atoms with Crippen LogP contribution in [0.5, 0.6) is 17.2 Å². The predicted octanol–water partition coefficient (Wildman–Crippen LogP) is 5.01. The maximum Gasteiger partial charge on any atom is 0.344 e. The molecule has 3 N–H and O–H groups in total. The Balaban J connectivity index is 0.000000139. The number of phenolic OH excluding ortho intramolecular Hbond substituents is 3. The van der Waals surface area contributed by atoms with E-state index < -0.39 is 5.63 Å². The molecular weight excluding hydrogens is 424 g/mol. The quantitative estimate of drug-likeness (QED) is 0.224. The average molecular weight is 440 g/mol. The smallest absolute Gasteiger partial charge is 0.344 e. The fourth-order valence-corrected chi connectivity index (χ4v) is 3.78. The lowest BCUT2D eigenvalue weighted by Gasteiger charge is -2.03. The van der Waals surface area contributed by atoms with E-state index in [9.17, 15) is 24.9 Å². The molecule has 0 bridgehead atoms. The zero-order chi connectivity index (χ0) is 23.1. The van der Waals surface area contributed by atoms with Crippen LogP contribution in [0.4, 0.5) is 0 Å². The van der Waals surface area contributed by atoms with Gasteiger partial charge >= 0.3 is 11.3 Å². The van der Waals surface area contributed by atoms with Crippen LogP contribution >= 0.6 is 0 Å². The van der Waals surface area contributed by atoms with Gasteiger partial charge in [-0.1, -0.05) is 18.2 Å². The van der Waals surface area contributed by atoms with Gasteiger partial charge in [0.2, 0.25) is 0 Å². The summed E-state index contributed by atoms with van der Waals surface area (Å²) in [6, 6.07) is 21.2. The minimum Gasteiger partial charge on any atom is -0.508 e. The Hall–Kier alpha value is -4.78. The predicted molar refractivity (Wildman–Crippen MR) is 125 cm³/mol. The van der Waals surface area contributed by atoms with Crippen molar-refractivity contribution in [2.75, 3.05) is 0 Å². The molecule has 0 aliphatic rings. The molecule has 0 aliphatic heterocycles. The van der Waals surface area contributed by atoms with Crippen LogP contribution in [0.3, 0.4) is 0 Å². The number of phenols is 3. The molecular formula is C26H16O7. The van der Waals surface area contributed by atoms with Crippen LogP contribution in [0.2, 0.25) is 0 Å². The number of rotatable bonds is 0. The van der Waals surface area contributed by atoms with E-state index in [1.54, 1.807) is 36.4 Å². The van der Waals surface area contributed by atoms with Gasteiger partial charge in [-0.2, -0.15) is 0 Å². The minimum atomic E-state index is -0.533. The SMILES string of the molecule is O=c1oc2cc(O)ccc2c2ccc(O)cc12.O=c1oc2cc(O)ccc2c2ccccc12. The highest BCUT2D eigenvalue weighted by Crippen LogP contribution is 2.28. The maximum absolute atomic E-state index is 11.7. The van der Waals surface area contributed by atoms with Crippen LogP contribution in [0.1, 0.15) is 0 Å². The zero-order valence-corrected chi connectivity index (χ0v) is 17.0. The number of hydrogen-bond donors (Lipinski definition) is 3. The third kappa shape index (κ3) is 3.61. The molecule has 0 atom stereocenters. The molecule has 0 saturated carbocycles. The van der Waals surface area contributed by atoms with Gasteiger partial charge in [0, 0.05) is 28.3 Å². The number of fused-ring (bicyclic) bond motifs is 6. The molecule has 0 spiro atoms. The Bertz CT molecular complexity index is 1800. The molecule has 4 aromatic carbocycles. The van der Waals surface area contributed by atoms with Crippen molar-refractivity contribution in [3.63, 3.8) is 0 Å². The lowest BCUT2D eigenvalue weighted by atomic mass is 10.1. The highest BCUT2D eigenvalue weighted by molar-refractivity contribution is 6.05. The Labute approximate surface area is 185 Å². The Morgan fingerprint density at radius 2 is 0.879 bits per heavy atom. The van der Waals surface area contributed by atoms with Crippen LogP contribution in [-0.2, 0) is 0 Å². The molecule has 0 aliphatic carbocycles. The van der Waals surface area contributed by atoms with Crippen molar-refractivity contribution in [1.29, 1.82) is 0 Å². The largest absolute Gasteiger partial charge is 0.508 e. The molecule has 0 fully saturated rings. The first-order valence-corrected chi connectivity index (χ1v) is 9.94. The van der Waals surface area contributed by atoms with Crippen LogP contribution < -0.4 is 11.3 Å². The summed E-state index contributed by atoms with van der Waals surface area (Å²) in [5.41, 5.74) is -0.181. The van der Waals surface area contributed by atoms with Gasteiger partial charge in [-0.05, 0) is 53.9 Å². The van der Waals surface area contributed by atoms with E-state index in [4.69, 9.17) is 8.83 Å². The first-order valence-electron chi connectivity index (χ1n) is 9.94. The summed E-state index contributed by atoms with van der Waals surface area (Å²) >= 11 is 0. The van der Waals surface area contributed by atoms with E-state index in [0.29, 0.717) is 27.3 Å². The molecule has 162 valence electrons. The van der Waals surface area contributed by atoms with Crippen molar-refractivity contribution in [2.24, 2.45) is 0 Å². The molecule has 6 rings (SSSR count). The molecule has 7 heteroatoms. The van der Waals surface area contributed by atoms with Gasteiger partial charge in [0.15, 0.2) is 0 Å². The first-order chi connectivity index (χ1) is 15.9. The Morgan fingerprint density at radius 1 is 0.455 bits per heavy atom. The van der Waals surface area contributed by atoms with Gasteiger partial charge in [0.25, 0.3) is 0 Å². The summed E-state index contributed by atoms with van der Waals surface area (Å²) in [5.74, 6) is 0.146. The molecule has 2 heterocycles.